The summed E-state index contributed by atoms with van der Waals surface area (Å²) in [6, 6.07) is 5.86. The van der Waals surface area contributed by atoms with Crippen molar-refractivity contribution in [3.05, 3.63) is 46.6 Å². The van der Waals surface area contributed by atoms with Gasteiger partial charge in [0, 0.05) is 10.9 Å². The standard InChI is InChI=1S/C14H10FNOS2/c1-3-9-6-10(4-5-12(9)15)14(17)16-11-7-13(18-2)19-8-11/h1,4-8H,2H3,(H,16,17). The Morgan fingerprint density at radius 1 is 1.47 bits per heavy atom. The van der Waals surface area contributed by atoms with Gasteiger partial charge in [0.2, 0.25) is 0 Å². The number of terminal acetylenes is 1. The van der Waals surface area contributed by atoms with Gasteiger partial charge in [0.05, 0.1) is 15.5 Å². The first-order valence-corrected chi connectivity index (χ1v) is 7.44. The van der Waals surface area contributed by atoms with Crippen molar-refractivity contribution in [3.8, 4) is 12.3 Å². The van der Waals surface area contributed by atoms with Crippen LogP contribution in [0.3, 0.4) is 0 Å². The number of thiophene rings is 1. The van der Waals surface area contributed by atoms with Crippen LogP contribution in [0.1, 0.15) is 15.9 Å². The molecule has 0 atom stereocenters. The maximum Gasteiger partial charge on any atom is 0.255 e. The van der Waals surface area contributed by atoms with Crippen molar-refractivity contribution in [2.75, 3.05) is 11.6 Å². The molecule has 2 nitrogen and oxygen atoms in total. The number of thioether (sulfide) groups is 1. The number of hydrogen-bond donors (Lipinski definition) is 1. The van der Waals surface area contributed by atoms with Gasteiger partial charge in [-0.1, -0.05) is 5.92 Å². The van der Waals surface area contributed by atoms with Gasteiger partial charge in [0.25, 0.3) is 5.91 Å². The highest BCUT2D eigenvalue weighted by molar-refractivity contribution is 8.00. The van der Waals surface area contributed by atoms with Crippen LogP contribution in [0.4, 0.5) is 10.1 Å². The van der Waals surface area contributed by atoms with Crippen LogP contribution in [0.25, 0.3) is 0 Å². The second-order valence-corrected chi connectivity index (χ2v) is 5.67. The van der Waals surface area contributed by atoms with Crippen LogP contribution < -0.4 is 5.32 Å². The van der Waals surface area contributed by atoms with Crippen LogP contribution in [0.2, 0.25) is 0 Å². The van der Waals surface area contributed by atoms with Crippen molar-refractivity contribution in [1.82, 2.24) is 0 Å². The molecule has 2 rings (SSSR count). The van der Waals surface area contributed by atoms with Crippen molar-refractivity contribution >= 4 is 34.7 Å². The number of nitrogens with one attached hydrogen (secondary N) is 1. The molecule has 0 aliphatic carbocycles. The molecule has 1 N–H and O–H groups in total. The summed E-state index contributed by atoms with van der Waals surface area (Å²) in [4.78, 5) is 12.0. The number of carbonyl (C=O) groups is 1. The summed E-state index contributed by atoms with van der Waals surface area (Å²) < 4.78 is 14.3. The lowest BCUT2D eigenvalue weighted by atomic mass is 10.1. The molecular formula is C14H10FNOS2. The lowest BCUT2D eigenvalue weighted by Gasteiger charge is -2.04. The lowest BCUT2D eigenvalue weighted by molar-refractivity contribution is 0.102. The number of rotatable bonds is 3. The fraction of sp³-hybridized carbons (Fsp3) is 0.0714. The SMILES string of the molecule is C#Cc1cc(C(=O)Nc2csc(SC)c2)ccc1F. The number of carbonyl (C=O) groups excluding carboxylic acids is 1. The number of halogens is 1. The van der Waals surface area contributed by atoms with E-state index < -0.39 is 5.82 Å². The Morgan fingerprint density at radius 2 is 2.26 bits per heavy atom. The molecule has 1 aromatic carbocycles. The van der Waals surface area contributed by atoms with Crippen molar-refractivity contribution in [3.63, 3.8) is 0 Å². The molecule has 0 unspecified atom stereocenters. The Hall–Kier alpha value is -1.77. The van der Waals surface area contributed by atoms with Crippen LogP contribution in [-0.4, -0.2) is 12.2 Å². The highest BCUT2D eigenvalue weighted by atomic mass is 32.2. The monoisotopic (exact) mass is 291 g/mol. The van der Waals surface area contributed by atoms with Gasteiger partial charge >= 0.3 is 0 Å². The zero-order valence-corrected chi connectivity index (χ0v) is 11.7. The average molecular weight is 291 g/mol. The Kier molecular flexibility index (Phi) is 4.25. The first-order chi connectivity index (χ1) is 9.13. The largest absolute Gasteiger partial charge is 0.321 e. The van der Waals surface area contributed by atoms with E-state index in [4.69, 9.17) is 6.42 Å². The van der Waals surface area contributed by atoms with Gasteiger partial charge < -0.3 is 5.32 Å². The summed E-state index contributed by atoms with van der Waals surface area (Å²) >= 11 is 3.16. The fourth-order valence-electron chi connectivity index (χ4n) is 1.47. The van der Waals surface area contributed by atoms with Crippen LogP contribution in [0.5, 0.6) is 0 Å². The van der Waals surface area contributed by atoms with Gasteiger partial charge in [-0.05, 0) is 30.5 Å². The van der Waals surface area contributed by atoms with Crippen molar-refractivity contribution in [2.24, 2.45) is 0 Å². The van der Waals surface area contributed by atoms with Gasteiger partial charge in [-0.25, -0.2) is 4.39 Å². The Labute approximate surface area is 119 Å². The molecule has 0 saturated heterocycles. The molecule has 96 valence electrons. The zero-order chi connectivity index (χ0) is 13.8. The summed E-state index contributed by atoms with van der Waals surface area (Å²) in [5.74, 6) is 1.41. The zero-order valence-electron chi connectivity index (χ0n) is 10.1. The van der Waals surface area contributed by atoms with Crippen LogP contribution in [-0.2, 0) is 0 Å². The molecule has 1 heterocycles. The Balaban J connectivity index is 2.18. The van der Waals surface area contributed by atoms with Crippen LogP contribution in [0.15, 0.2) is 33.9 Å². The summed E-state index contributed by atoms with van der Waals surface area (Å²) in [7, 11) is 0. The fourth-order valence-corrected chi connectivity index (χ4v) is 2.81. The maximum absolute atomic E-state index is 13.2. The second-order valence-electron chi connectivity index (χ2n) is 3.65. The van der Waals surface area contributed by atoms with Crippen molar-refractivity contribution < 1.29 is 9.18 Å². The Morgan fingerprint density at radius 3 is 2.89 bits per heavy atom. The maximum atomic E-state index is 13.2. The molecule has 0 spiro atoms. The van der Waals surface area contributed by atoms with Gasteiger partial charge in [0.15, 0.2) is 0 Å². The molecule has 1 amide bonds. The van der Waals surface area contributed by atoms with Crippen LogP contribution >= 0.6 is 23.1 Å². The number of anilines is 1. The number of amides is 1. The molecule has 0 bridgehead atoms. The van der Waals surface area contributed by atoms with E-state index in [0.717, 1.165) is 9.90 Å². The smallest absolute Gasteiger partial charge is 0.255 e. The van der Waals surface area contributed by atoms with E-state index in [1.54, 1.807) is 23.1 Å². The number of hydrogen-bond acceptors (Lipinski definition) is 3. The summed E-state index contributed by atoms with van der Waals surface area (Å²) in [6.07, 6.45) is 7.14. The molecule has 0 aliphatic rings. The molecule has 0 radical (unpaired) electrons. The van der Waals surface area contributed by atoms with E-state index in [1.165, 1.54) is 18.2 Å². The minimum Gasteiger partial charge on any atom is -0.321 e. The van der Waals surface area contributed by atoms with E-state index >= 15 is 0 Å². The molecule has 19 heavy (non-hydrogen) atoms. The molecule has 0 saturated carbocycles. The third-order valence-corrected chi connectivity index (χ3v) is 4.45. The first kappa shape index (κ1) is 13.7. The topological polar surface area (TPSA) is 29.1 Å². The molecule has 2 aromatic rings. The highest BCUT2D eigenvalue weighted by Crippen LogP contribution is 2.27. The third kappa shape index (κ3) is 3.16. The minimum absolute atomic E-state index is 0.0859. The van der Waals surface area contributed by atoms with E-state index in [1.807, 2.05) is 17.7 Å². The van der Waals surface area contributed by atoms with E-state index in [0.29, 0.717) is 5.56 Å². The summed E-state index contributed by atoms with van der Waals surface area (Å²) in [5, 5.41) is 4.61. The highest BCUT2D eigenvalue weighted by Gasteiger charge is 2.10. The second kappa shape index (κ2) is 5.91. The minimum atomic E-state index is -0.501. The third-order valence-electron chi connectivity index (χ3n) is 2.42. The van der Waals surface area contributed by atoms with Gasteiger partial charge in [-0.2, -0.15) is 0 Å². The van der Waals surface area contributed by atoms with Gasteiger partial charge in [0.1, 0.15) is 5.82 Å². The summed E-state index contributed by atoms with van der Waals surface area (Å²) in [6.45, 7) is 0. The lowest BCUT2D eigenvalue weighted by Crippen LogP contribution is -2.11. The van der Waals surface area contributed by atoms with E-state index in [2.05, 4.69) is 11.2 Å². The van der Waals surface area contributed by atoms with Crippen LogP contribution in [0, 0.1) is 18.2 Å². The van der Waals surface area contributed by atoms with Gasteiger partial charge in [-0.3, -0.25) is 4.79 Å². The molecule has 0 fully saturated rings. The normalized spacial score (nSPS) is 9.95. The molecule has 0 aliphatic heterocycles. The number of benzene rings is 1. The molecule has 1 aromatic heterocycles. The quantitative estimate of drug-likeness (QED) is 0.687. The summed E-state index contributed by atoms with van der Waals surface area (Å²) in [5.41, 5.74) is 1.15. The first-order valence-electron chi connectivity index (χ1n) is 5.34. The predicted octanol–water partition coefficient (Wildman–Crippen LogP) is 3.84. The van der Waals surface area contributed by atoms with Crippen molar-refractivity contribution in [1.29, 1.82) is 0 Å². The predicted molar refractivity (Wildman–Crippen MR) is 78.4 cm³/mol. The molecule has 5 heteroatoms. The van der Waals surface area contributed by atoms with E-state index in [-0.39, 0.29) is 11.5 Å². The average Bonchev–Trinajstić information content (AvgIpc) is 2.86. The van der Waals surface area contributed by atoms with E-state index in [9.17, 15) is 9.18 Å². The van der Waals surface area contributed by atoms with Crippen molar-refractivity contribution in [2.45, 2.75) is 4.21 Å². The molecular weight excluding hydrogens is 281 g/mol. The van der Waals surface area contributed by atoms with Gasteiger partial charge in [-0.15, -0.1) is 29.5 Å². The Bertz CT molecular complexity index is 658.